The van der Waals surface area contributed by atoms with E-state index in [2.05, 4.69) is 10.1 Å². The van der Waals surface area contributed by atoms with Crippen LogP contribution in [0.25, 0.3) is 0 Å². The van der Waals surface area contributed by atoms with Crippen molar-refractivity contribution in [3.05, 3.63) is 69.0 Å². The van der Waals surface area contributed by atoms with Crippen LogP contribution in [0.5, 0.6) is 0 Å². The Morgan fingerprint density at radius 3 is 2.50 bits per heavy atom. The molecule has 1 aromatic heterocycles. The molecule has 3 rings (SSSR count). The lowest BCUT2D eigenvalue weighted by Gasteiger charge is -2.29. The Kier molecular flexibility index (Phi) is 9.48. The highest BCUT2D eigenvalue weighted by Crippen LogP contribution is 2.50. The quantitative estimate of drug-likeness (QED) is 0.232. The molecule has 0 amide bonds. The maximum absolute atomic E-state index is 13.8. The van der Waals surface area contributed by atoms with E-state index in [9.17, 15) is 24.1 Å². The van der Waals surface area contributed by atoms with Gasteiger partial charge >= 0.3 is 19.4 Å². The maximum Gasteiger partial charge on any atom is 0.406 e. The van der Waals surface area contributed by atoms with Gasteiger partial charge in [-0.1, -0.05) is 30.3 Å². The van der Waals surface area contributed by atoms with Crippen LogP contribution in [-0.2, 0) is 27.9 Å². The highest BCUT2D eigenvalue weighted by molar-refractivity contribution is 7.51. The number of rotatable bonds is 11. The minimum absolute atomic E-state index is 0.395. The molecule has 1 unspecified atom stereocenters. The van der Waals surface area contributed by atoms with Gasteiger partial charge in [-0.05, 0) is 40.2 Å². The van der Waals surface area contributed by atoms with E-state index in [1.807, 2.05) is 6.07 Å². The summed E-state index contributed by atoms with van der Waals surface area (Å²) in [5.41, 5.74) is 4.13. The number of hydrogen-bond acceptors (Lipinski definition) is 10. The Bertz CT molecular complexity index is 1260. The standard InChI is InChI=1S/C24H35N4O9P/c1-14(2)35-21(31)15(3)27-38(33,37-16(4)17-9-7-6-8-10-17)34-13-18-20(30)24(5,25)22(36-18)28-12-11-19(29)26-23(28)32/h6-12,14-16,18,20,22,30H,13,25H2,1-5H3,(H,27,33)(H,26,29,32)/t15-,16-,18+,20+,22+,24+,38?/m0/s1. The molecule has 14 heteroatoms. The van der Waals surface area contributed by atoms with Crippen LogP contribution in [0.15, 0.2) is 52.2 Å². The highest BCUT2D eigenvalue weighted by atomic mass is 31.2. The number of esters is 1. The summed E-state index contributed by atoms with van der Waals surface area (Å²) >= 11 is 0. The van der Waals surface area contributed by atoms with Crippen LogP contribution in [0.4, 0.5) is 0 Å². The molecule has 0 bridgehead atoms. The summed E-state index contributed by atoms with van der Waals surface area (Å²) in [6.45, 7) is 7.48. The molecule has 0 aliphatic carbocycles. The summed E-state index contributed by atoms with van der Waals surface area (Å²) in [7, 11) is -4.22. The molecule has 0 spiro atoms. The van der Waals surface area contributed by atoms with Crippen LogP contribution in [0.1, 0.15) is 52.5 Å². The second-order valence-corrected chi connectivity index (χ2v) is 11.4. The molecule has 0 radical (unpaired) electrons. The number of carbonyl (C=O) groups is 1. The smallest absolute Gasteiger partial charge is 0.406 e. The van der Waals surface area contributed by atoms with Crippen LogP contribution in [0.3, 0.4) is 0 Å². The highest BCUT2D eigenvalue weighted by Gasteiger charge is 2.52. The number of aliphatic hydroxyl groups excluding tert-OH is 1. The second kappa shape index (κ2) is 12.0. The molecule has 0 saturated carbocycles. The summed E-state index contributed by atoms with van der Waals surface area (Å²) in [6.07, 6.45) is -3.58. The Morgan fingerprint density at radius 2 is 1.89 bits per heavy atom. The largest absolute Gasteiger partial charge is 0.462 e. The minimum Gasteiger partial charge on any atom is -0.462 e. The molecule has 1 aliphatic rings. The van der Waals surface area contributed by atoms with Gasteiger partial charge in [-0.15, -0.1) is 0 Å². The van der Waals surface area contributed by atoms with E-state index in [0.29, 0.717) is 5.56 Å². The summed E-state index contributed by atoms with van der Waals surface area (Å²) in [5, 5.41) is 13.5. The van der Waals surface area contributed by atoms with Crippen LogP contribution in [-0.4, -0.2) is 57.1 Å². The average molecular weight is 555 g/mol. The van der Waals surface area contributed by atoms with Gasteiger partial charge in [-0.2, -0.15) is 0 Å². The van der Waals surface area contributed by atoms with Gasteiger partial charge in [0, 0.05) is 12.3 Å². The molecule has 7 atom stereocenters. The van der Waals surface area contributed by atoms with Gasteiger partial charge < -0.3 is 20.3 Å². The molecule has 38 heavy (non-hydrogen) atoms. The zero-order valence-corrected chi connectivity index (χ0v) is 22.8. The summed E-state index contributed by atoms with van der Waals surface area (Å²) in [6, 6.07) is 9.02. The fourth-order valence-corrected chi connectivity index (χ4v) is 5.59. The van der Waals surface area contributed by atoms with Crippen LogP contribution < -0.4 is 22.1 Å². The van der Waals surface area contributed by atoms with Crippen molar-refractivity contribution in [2.24, 2.45) is 5.73 Å². The van der Waals surface area contributed by atoms with Gasteiger partial charge in [-0.25, -0.2) is 14.4 Å². The Hall–Kier alpha value is -2.64. The first-order valence-corrected chi connectivity index (χ1v) is 13.7. The van der Waals surface area contributed by atoms with Crippen LogP contribution >= 0.6 is 7.75 Å². The Balaban J connectivity index is 1.81. The molecular weight excluding hydrogens is 519 g/mol. The summed E-state index contributed by atoms with van der Waals surface area (Å²) < 4.78 is 37.3. The molecule has 2 aromatic rings. The van der Waals surface area contributed by atoms with Crippen molar-refractivity contribution in [1.29, 1.82) is 0 Å². The van der Waals surface area contributed by atoms with Gasteiger partial charge in [0.2, 0.25) is 0 Å². The van der Waals surface area contributed by atoms with Crippen molar-refractivity contribution in [3.63, 3.8) is 0 Å². The predicted octanol–water partition coefficient (Wildman–Crippen LogP) is 1.34. The van der Waals surface area contributed by atoms with Crippen molar-refractivity contribution in [2.45, 2.75) is 76.8 Å². The molecule has 13 nitrogen and oxygen atoms in total. The van der Waals surface area contributed by atoms with Gasteiger partial charge in [-0.3, -0.25) is 28.2 Å². The number of carbonyl (C=O) groups excluding carboxylic acids is 1. The van der Waals surface area contributed by atoms with Crippen molar-refractivity contribution in [3.8, 4) is 0 Å². The van der Waals surface area contributed by atoms with E-state index in [1.165, 1.54) is 20.0 Å². The van der Waals surface area contributed by atoms with E-state index in [-0.39, 0.29) is 0 Å². The number of aromatic nitrogens is 2. The number of nitrogens with one attached hydrogen (secondary N) is 2. The molecule has 5 N–H and O–H groups in total. The first-order chi connectivity index (χ1) is 17.7. The van der Waals surface area contributed by atoms with Gasteiger partial charge in [0.1, 0.15) is 18.2 Å². The third-order valence-electron chi connectivity index (χ3n) is 5.96. The minimum atomic E-state index is -4.22. The average Bonchev–Trinajstić information content (AvgIpc) is 3.06. The molecule has 1 fully saturated rings. The van der Waals surface area contributed by atoms with E-state index >= 15 is 0 Å². The van der Waals surface area contributed by atoms with Crippen LogP contribution in [0, 0.1) is 0 Å². The molecule has 210 valence electrons. The second-order valence-electron chi connectivity index (χ2n) is 9.64. The first-order valence-electron chi connectivity index (χ1n) is 12.1. The van der Waals surface area contributed by atoms with Gasteiger partial charge in [0.05, 0.1) is 24.4 Å². The van der Waals surface area contributed by atoms with Gasteiger partial charge in [0.25, 0.3) is 5.56 Å². The van der Waals surface area contributed by atoms with E-state index in [0.717, 1.165) is 10.6 Å². The third-order valence-corrected chi connectivity index (χ3v) is 7.75. The fourth-order valence-electron chi connectivity index (χ4n) is 3.93. The van der Waals surface area contributed by atoms with Crippen molar-refractivity contribution in [1.82, 2.24) is 14.6 Å². The third kappa shape index (κ3) is 7.06. The number of H-pyrrole nitrogens is 1. The molecular formula is C24H35N4O9P. The van der Waals surface area contributed by atoms with E-state index in [1.54, 1.807) is 45.0 Å². The number of nitrogens with two attached hydrogens (primary N) is 1. The molecule has 2 heterocycles. The number of nitrogens with zero attached hydrogens (tertiary/aromatic N) is 1. The Morgan fingerprint density at radius 1 is 1.24 bits per heavy atom. The van der Waals surface area contributed by atoms with Crippen molar-refractivity contribution in [2.75, 3.05) is 6.61 Å². The van der Waals surface area contributed by atoms with E-state index in [4.69, 9.17) is 24.3 Å². The zero-order valence-electron chi connectivity index (χ0n) is 21.9. The summed E-state index contributed by atoms with van der Waals surface area (Å²) in [4.78, 5) is 38.2. The normalized spacial score (nSPS) is 26.6. The summed E-state index contributed by atoms with van der Waals surface area (Å²) in [5.74, 6) is -0.663. The maximum atomic E-state index is 13.8. The van der Waals surface area contributed by atoms with Gasteiger partial charge in [0.15, 0.2) is 6.23 Å². The molecule has 1 aromatic carbocycles. The lowest BCUT2D eigenvalue weighted by molar-refractivity contribution is -0.149. The zero-order chi connectivity index (χ0) is 28.3. The topological polar surface area (TPSA) is 184 Å². The number of benzene rings is 1. The predicted molar refractivity (Wildman–Crippen MR) is 137 cm³/mol. The van der Waals surface area contributed by atoms with Crippen molar-refractivity contribution >= 4 is 13.7 Å². The fraction of sp³-hybridized carbons (Fsp3) is 0.542. The monoisotopic (exact) mass is 554 g/mol. The molecule has 1 aliphatic heterocycles. The molecule has 1 saturated heterocycles. The lowest BCUT2D eigenvalue weighted by atomic mass is 9.93. The Labute approximate surface area is 219 Å². The number of ether oxygens (including phenoxy) is 2. The number of aromatic amines is 1. The lowest BCUT2D eigenvalue weighted by Crippen LogP contribution is -2.53. The number of aliphatic hydroxyl groups is 1. The number of hydrogen-bond donors (Lipinski definition) is 4. The SMILES string of the molecule is CC(C)OC(=O)[C@H](C)NP(=O)(OC[C@H]1O[C@@H](n2ccc(=O)[nH]c2=O)[C@](C)(N)[C@@H]1O)O[C@@H](C)c1ccccc1. The van der Waals surface area contributed by atoms with E-state index < -0.39 is 73.8 Å². The first kappa shape index (κ1) is 29.9. The van der Waals surface area contributed by atoms with Crippen molar-refractivity contribution < 1.29 is 33.0 Å². The van der Waals surface area contributed by atoms with Crippen LogP contribution in [0.2, 0.25) is 0 Å².